The lowest BCUT2D eigenvalue weighted by molar-refractivity contribution is 0.288. The molecule has 0 atom stereocenters. The van der Waals surface area contributed by atoms with Crippen molar-refractivity contribution in [3.05, 3.63) is 57.6 Å². The van der Waals surface area contributed by atoms with Gasteiger partial charge in [0.1, 0.15) is 0 Å². The van der Waals surface area contributed by atoms with Crippen LogP contribution in [-0.4, -0.2) is 23.2 Å². The van der Waals surface area contributed by atoms with E-state index in [1.807, 2.05) is 52.0 Å². The maximum atomic E-state index is 12.3. The predicted octanol–water partition coefficient (Wildman–Crippen LogP) is 3.95. The van der Waals surface area contributed by atoms with Gasteiger partial charge in [0.25, 0.3) is 5.56 Å². The molecule has 3 aromatic rings. The molecule has 0 spiro atoms. The van der Waals surface area contributed by atoms with Gasteiger partial charge < -0.3 is 19.8 Å². The van der Waals surface area contributed by atoms with Crippen molar-refractivity contribution in [2.45, 2.75) is 34.2 Å². The second-order valence-electron chi connectivity index (χ2n) is 6.34. The van der Waals surface area contributed by atoms with Gasteiger partial charge in [0, 0.05) is 41.1 Å². The van der Waals surface area contributed by atoms with Gasteiger partial charge in [-0.2, -0.15) is 0 Å². The van der Waals surface area contributed by atoms with Crippen LogP contribution in [-0.2, 0) is 6.54 Å². The molecule has 6 heteroatoms. The monoisotopic (exact) mass is 367 g/mol. The Morgan fingerprint density at radius 3 is 2.44 bits per heavy atom. The number of nitrogens with zero attached hydrogens (tertiary/aromatic N) is 1. The van der Waals surface area contributed by atoms with Gasteiger partial charge in [-0.15, -0.1) is 0 Å². The summed E-state index contributed by atoms with van der Waals surface area (Å²) in [5.74, 6) is 1.37. The Morgan fingerprint density at radius 1 is 1.07 bits per heavy atom. The quantitative estimate of drug-likeness (QED) is 0.661. The Morgan fingerprint density at radius 2 is 1.78 bits per heavy atom. The second-order valence-corrected chi connectivity index (χ2v) is 6.34. The number of hydrogen-bond acceptors (Lipinski definition) is 5. The molecule has 0 aliphatic rings. The molecular weight excluding hydrogens is 342 g/mol. The second kappa shape index (κ2) is 8.12. The topological polar surface area (TPSA) is 76.2 Å². The van der Waals surface area contributed by atoms with Gasteiger partial charge in [-0.25, -0.2) is 0 Å². The largest absolute Gasteiger partial charge is 0.490 e. The molecule has 0 aliphatic heterocycles. The van der Waals surface area contributed by atoms with E-state index in [2.05, 4.69) is 15.3 Å². The van der Waals surface area contributed by atoms with Crippen molar-refractivity contribution in [2.75, 3.05) is 18.5 Å². The van der Waals surface area contributed by atoms with E-state index >= 15 is 0 Å². The molecule has 0 saturated heterocycles. The lowest BCUT2D eigenvalue weighted by Gasteiger charge is -2.15. The van der Waals surface area contributed by atoms with Crippen LogP contribution in [0.4, 0.5) is 5.69 Å². The van der Waals surface area contributed by atoms with Crippen molar-refractivity contribution in [3.8, 4) is 11.5 Å². The highest BCUT2D eigenvalue weighted by molar-refractivity contribution is 5.93. The SMILES string of the molecule is CCOc1cc2nccc(NCc3c(C)cc(C)[nH]c3=O)c2cc1OCC. The van der Waals surface area contributed by atoms with E-state index in [-0.39, 0.29) is 5.56 Å². The summed E-state index contributed by atoms with van der Waals surface area (Å²) >= 11 is 0. The molecule has 0 unspecified atom stereocenters. The molecule has 2 aromatic heterocycles. The maximum absolute atomic E-state index is 12.3. The van der Waals surface area contributed by atoms with Gasteiger partial charge in [-0.1, -0.05) is 0 Å². The van der Waals surface area contributed by atoms with E-state index in [0.717, 1.165) is 33.4 Å². The first-order chi connectivity index (χ1) is 13.0. The van der Waals surface area contributed by atoms with Crippen LogP contribution in [0, 0.1) is 13.8 Å². The summed E-state index contributed by atoms with van der Waals surface area (Å²) in [6.45, 7) is 9.24. The van der Waals surface area contributed by atoms with E-state index in [1.165, 1.54) is 0 Å². The number of aromatic amines is 1. The van der Waals surface area contributed by atoms with Crippen molar-refractivity contribution >= 4 is 16.6 Å². The highest BCUT2D eigenvalue weighted by atomic mass is 16.5. The Kier molecular flexibility index (Phi) is 5.64. The molecule has 0 saturated carbocycles. The number of aromatic nitrogens is 2. The summed E-state index contributed by atoms with van der Waals surface area (Å²) in [6, 6.07) is 7.70. The van der Waals surface area contributed by atoms with Crippen LogP contribution in [0.2, 0.25) is 0 Å². The number of pyridine rings is 2. The number of nitrogens with one attached hydrogen (secondary N) is 2. The van der Waals surface area contributed by atoms with E-state index < -0.39 is 0 Å². The van der Waals surface area contributed by atoms with Crippen molar-refractivity contribution in [1.82, 2.24) is 9.97 Å². The third-order valence-electron chi connectivity index (χ3n) is 4.36. The van der Waals surface area contributed by atoms with Crippen LogP contribution in [0.15, 0.2) is 35.3 Å². The number of H-pyrrole nitrogens is 1. The Labute approximate surface area is 158 Å². The third-order valence-corrected chi connectivity index (χ3v) is 4.36. The Hall–Kier alpha value is -3.02. The van der Waals surface area contributed by atoms with E-state index in [0.29, 0.717) is 31.3 Å². The minimum Gasteiger partial charge on any atom is -0.490 e. The number of benzene rings is 1. The van der Waals surface area contributed by atoms with Crippen LogP contribution >= 0.6 is 0 Å². The Bertz CT molecular complexity index is 1010. The number of rotatable bonds is 7. The summed E-state index contributed by atoms with van der Waals surface area (Å²) in [5, 5.41) is 4.29. The molecule has 2 heterocycles. The molecule has 3 rings (SSSR count). The molecule has 142 valence electrons. The smallest absolute Gasteiger partial charge is 0.253 e. The van der Waals surface area contributed by atoms with Gasteiger partial charge in [0.05, 0.1) is 18.7 Å². The van der Waals surface area contributed by atoms with Crippen molar-refractivity contribution in [1.29, 1.82) is 0 Å². The van der Waals surface area contributed by atoms with Crippen LogP contribution < -0.4 is 20.3 Å². The minimum atomic E-state index is -0.0630. The number of aryl methyl sites for hydroxylation is 2. The van der Waals surface area contributed by atoms with Gasteiger partial charge in [0.15, 0.2) is 11.5 Å². The number of ether oxygens (including phenoxy) is 2. The molecule has 6 nitrogen and oxygen atoms in total. The van der Waals surface area contributed by atoms with Gasteiger partial charge >= 0.3 is 0 Å². The van der Waals surface area contributed by atoms with Gasteiger partial charge in [0.2, 0.25) is 0 Å². The first kappa shape index (κ1) is 18.8. The molecule has 0 fully saturated rings. The first-order valence-corrected chi connectivity index (χ1v) is 9.15. The average molecular weight is 367 g/mol. The zero-order valence-electron chi connectivity index (χ0n) is 16.2. The van der Waals surface area contributed by atoms with E-state index in [4.69, 9.17) is 9.47 Å². The summed E-state index contributed by atoms with van der Waals surface area (Å²) < 4.78 is 11.4. The fraction of sp³-hybridized carbons (Fsp3) is 0.333. The summed E-state index contributed by atoms with van der Waals surface area (Å²) in [4.78, 5) is 19.6. The lowest BCUT2D eigenvalue weighted by atomic mass is 10.1. The van der Waals surface area contributed by atoms with Gasteiger partial charge in [-0.05, 0) is 51.5 Å². The zero-order valence-corrected chi connectivity index (χ0v) is 16.2. The highest BCUT2D eigenvalue weighted by Gasteiger charge is 2.12. The average Bonchev–Trinajstić information content (AvgIpc) is 2.62. The molecule has 27 heavy (non-hydrogen) atoms. The van der Waals surface area contributed by atoms with Crippen LogP contribution in [0.1, 0.15) is 30.7 Å². The summed E-state index contributed by atoms with van der Waals surface area (Å²) in [6.07, 6.45) is 1.74. The van der Waals surface area contributed by atoms with Crippen LogP contribution in [0.3, 0.4) is 0 Å². The summed E-state index contributed by atoms with van der Waals surface area (Å²) in [5.41, 5.74) is 4.19. The molecular formula is C21H25N3O3. The van der Waals surface area contributed by atoms with Crippen LogP contribution in [0.25, 0.3) is 10.9 Å². The predicted molar refractivity (Wildman–Crippen MR) is 108 cm³/mol. The number of fused-ring (bicyclic) bond motifs is 1. The third kappa shape index (κ3) is 4.05. The first-order valence-electron chi connectivity index (χ1n) is 9.15. The van der Waals surface area contributed by atoms with Crippen LogP contribution in [0.5, 0.6) is 11.5 Å². The number of anilines is 1. The minimum absolute atomic E-state index is 0.0630. The molecule has 2 N–H and O–H groups in total. The van der Waals surface area contributed by atoms with E-state index in [9.17, 15) is 4.79 Å². The van der Waals surface area contributed by atoms with Crippen molar-refractivity contribution in [2.24, 2.45) is 0 Å². The summed E-state index contributed by atoms with van der Waals surface area (Å²) in [7, 11) is 0. The molecule has 0 amide bonds. The highest BCUT2D eigenvalue weighted by Crippen LogP contribution is 2.35. The fourth-order valence-electron chi connectivity index (χ4n) is 3.13. The van der Waals surface area contributed by atoms with Crippen molar-refractivity contribution in [3.63, 3.8) is 0 Å². The number of hydrogen-bond donors (Lipinski definition) is 2. The Balaban J connectivity index is 1.97. The van der Waals surface area contributed by atoms with Gasteiger partial charge in [-0.3, -0.25) is 9.78 Å². The zero-order chi connectivity index (χ0) is 19.4. The van der Waals surface area contributed by atoms with E-state index in [1.54, 1.807) is 6.20 Å². The molecule has 0 radical (unpaired) electrons. The lowest BCUT2D eigenvalue weighted by Crippen LogP contribution is -2.18. The molecule has 0 bridgehead atoms. The normalized spacial score (nSPS) is 10.8. The van der Waals surface area contributed by atoms with Crippen molar-refractivity contribution < 1.29 is 9.47 Å². The standard InChI is InChI=1S/C21H25N3O3/c1-5-26-19-10-15-17(7-8-22-18(15)11-20(19)27-6-2)23-12-16-13(3)9-14(4)24-21(16)25/h7-11H,5-6,12H2,1-4H3,(H,22,23)(H,24,25). The molecule has 0 aliphatic carbocycles. The fourth-order valence-corrected chi connectivity index (χ4v) is 3.13. The maximum Gasteiger partial charge on any atom is 0.253 e. The molecule has 1 aromatic carbocycles.